The zero-order valence-corrected chi connectivity index (χ0v) is 21.0. The van der Waals surface area contributed by atoms with Gasteiger partial charge in [-0.1, -0.05) is 30.7 Å². The molecule has 12 nitrogen and oxygen atoms in total. The van der Waals surface area contributed by atoms with Crippen LogP contribution in [0.25, 0.3) is 11.1 Å². The number of nitrogens with two attached hydrogens (primary N) is 2. The molecule has 0 bridgehead atoms. The second kappa shape index (κ2) is 10.5. The molecule has 12 heteroatoms. The van der Waals surface area contributed by atoms with Gasteiger partial charge in [0.15, 0.2) is 0 Å². The van der Waals surface area contributed by atoms with E-state index in [2.05, 4.69) is 30.2 Å². The fourth-order valence-corrected chi connectivity index (χ4v) is 4.82. The molecule has 2 aliphatic rings. The molecule has 3 aromatic rings. The largest absolute Gasteiger partial charge is 0.468 e. The second-order valence-electron chi connectivity index (χ2n) is 9.38. The van der Waals surface area contributed by atoms with Crippen molar-refractivity contribution in [3.05, 3.63) is 60.3 Å². The lowest BCUT2D eigenvalue weighted by Crippen LogP contribution is -2.54. The van der Waals surface area contributed by atoms with Crippen molar-refractivity contribution in [1.82, 2.24) is 25.3 Å². The van der Waals surface area contributed by atoms with Crippen LogP contribution in [-0.2, 0) is 14.9 Å². The van der Waals surface area contributed by atoms with Crippen molar-refractivity contribution in [2.24, 2.45) is 10.7 Å². The topological polar surface area (TPSA) is 175 Å². The lowest BCUT2D eigenvalue weighted by Gasteiger charge is -2.41. The van der Waals surface area contributed by atoms with Gasteiger partial charge < -0.3 is 26.4 Å². The van der Waals surface area contributed by atoms with Gasteiger partial charge in [0.2, 0.25) is 5.95 Å². The summed E-state index contributed by atoms with van der Waals surface area (Å²) in [6.07, 6.45) is 8.85. The van der Waals surface area contributed by atoms with Crippen LogP contribution in [0.15, 0.2) is 54.0 Å². The number of hydrogen-bond acceptors (Lipinski definition) is 10. The minimum atomic E-state index is -0.545. The summed E-state index contributed by atoms with van der Waals surface area (Å²) in [5, 5.41) is 3.11. The molecule has 5 rings (SSSR count). The number of nitrogen functional groups attached to an aromatic ring is 1. The highest BCUT2D eigenvalue weighted by Crippen LogP contribution is 2.44. The predicted octanol–water partition coefficient (Wildman–Crippen LogP) is 1.09. The molecule has 196 valence electrons. The molecule has 1 atom stereocenters. The highest BCUT2D eigenvalue weighted by Gasteiger charge is 2.43. The summed E-state index contributed by atoms with van der Waals surface area (Å²) in [7, 11) is 1.36. The standard InChI is InChI=1S/C26H29N9O3/c1-38-23(37)20-15-35(10-9-29-20)21-14-30-19(13-31-21)22(36)34-24(27)26(7-2-8-26)18-5-3-16(4-6-18)17-11-32-25(28)33-12-17/h3-6,11-14,20,29H,2,7-10,15H2,1H3,(H2,27,34,36)(H2,28,32,33)/t20-/m1/s1. The Balaban J connectivity index is 1.30. The first-order valence-corrected chi connectivity index (χ1v) is 12.4. The summed E-state index contributed by atoms with van der Waals surface area (Å²) in [5.41, 5.74) is 14.4. The number of methoxy groups -OCH3 is 1. The molecule has 1 aliphatic carbocycles. The van der Waals surface area contributed by atoms with Crippen LogP contribution in [0.4, 0.5) is 11.8 Å². The fraction of sp³-hybridized carbons (Fsp3) is 0.346. The van der Waals surface area contributed by atoms with Crippen LogP contribution in [0.3, 0.4) is 0 Å². The summed E-state index contributed by atoms with van der Waals surface area (Å²) in [6.45, 7) is 1.64. The van der Waals surface area contributed by atoms with E-state index in [4.69, 9.17) is 16.2 Å². The molecule has 0 spiro atoms. The van der Waals surface area contributed by atoms with E-state index < -0.39 is 17.4 Å². The van der Waals surface area contributed by atoms with Gasteiger partial charge in [-0.05, 0) is 24.0 Å². The van der Waals surface area contributed by atoms with Crippen molar-refractivity contribution >= 4 is 29.5 Å². The monoisotopic (exact) mass is 515 g/mol. The first-order valence-electron chi connectivity index (χ1n) is 12.4. The molecule has 38 heavy (non-hydrogen) atoms. The predicted molar refractivity (Wildman–Crippen MR) is 141 cm³/mol. The van der Waals surface area contributed by atoms with Crippen molar-refractivity contribution in [3.8, 4) is 11.1 Å². The Hall–Kier alpha value is -4.45. The van der Waals surface area contributed by atoms with Gasteiger partial charge in [0.05, 0.1) is 24.9 Å². The van der Waals surface area contributed by atoms with Gasteiger partial charge in [-0.3, -0.25) is 9.59 Å². The molecule has 2 aromatic heterocycles. The van der Waals surface area contributed by atoms with E-state index in [1.165, 1.54) is 19.5 Å². The average Bonchev–Trinajstić information content (AvgIpc) is 2.93. The maximum Gasteiger partial charge on any atom is 0.324 e. The van der Waals surface area contributed by atoms with Crippen molar-refractivity contribution in [2.45, 2.75) is 30.7 Å². The minimum Gasteiger partial charge on any atom is -0.468 e. The third-order valence-electron chi connectivity index (χ3n) is 7.20. The van der Waals surface area contributed by atoms with E-state index in [-0.39, 0.29) is 23.4 Å². The molecule has 1 amide bonds. The smallest absolute Gasteiger partial charge is 0.324 e. The van der Waals surface area contributed by atoms with Crippen LogP contribution in [-0.4, -0.2) is 70.4 Å². The summed E-state index contributed by atoms with van der Waals surface area (Å²) in [4.78, 5) is 47.7. The number of rotatable bonds is 6. The van der Waals surface area contributed by atoms with Gasteiger partial charge in [-0.25, -0.2) is 19.9 Å². The number of amides is 1. The van der Waals surface area contributed by atoms with E-state index in [0.29, 0.717) is 25.5 Å². The first-order chi connectivity index (χ1) is 18.4. The quantitative estimate of drug-likeness (QED) is 0.243. The highest BCUT2D eigenvalue weighted by molar-refractivity contribution is 6.05. The molecule has 5 N–H and O–H groups in total. The molecule has 1 saturated heterocycles. The molecule has 2 fully saturated rings. The number of carbonyl (C=O) groups excluding carboxylic acids is 2. The van der Waals surface area contributed by atoms with Crippen molar-refractivity contribution in [2.75, 3.05) is 37.4 Å². The number of ether oxygens (including phenoxy) is 1. The first kappa shape index (κ1) is 25.2. The average molecular weight is 516 g/mol. The maximum atomic E-state index is 12.9. The zero-order chi connectivity index (χ0) is 26.7. The summed E-state index contributed by atoms with van der Waals surface area (Å²) in [6, 6.07) is 7.51. The number of nitrogens with zero attached hydrogens (tertiary/aromatic N) is 6. The molecule has 3 heterocycles. The summed E-state index contributed by atoms with van der Waals surface area (Å²) in [5.74, 6) is 0.180. The number of aliphatic imine (C=N–C) groups is 1. The van der Waals surface area contributed by atoms with Crippen LogP contribution in [0.5, 0.6) is 0 Å². The fourth-order valence-electron chi connectivity index (χ4n) is 4.82. The molecular formula is C26H29N9O3. The normalized spacial score (nSPS) is 18.9. The lowest BCUT2D eigenvalue weighted by molar-refractivity contribution is -0.143. The van der Waals surface area contributed by atoms with Crippen LogP contribution >= 0.6 is 0 Å². The van der Waals surface area contributed by atoms with Gasteiger partial charge in [0.1, 0.15) is 23.4 Å². The highest BCUT2D eigenvalue weighted by atomic mass is 16.5. The number of nitrogens with one attached hydrogen (secondary N) is 1. The number of carbonyl (C=O) groups is 2. The Bertz CT molecular complexity index is 1340. The lowest BCUT2D eigenvalue weighted by atomic mass is 9.63. The van der Waals surface area contributed by atoms with E-state index in [1.807, 2.05) is 29.2 Å². The Morgan fingerprint density at radius 2 is 1.79 bits per heavy atom. The van der Waals surface area contributed by atoms with E-state index in [0.717, 1.165) is 36.0 Å². The van der Waals surface area contributed by atoms with E-state index in [1.54, 1.807) is 12.4 Å². The molecule has 1 saturated carbocycles. The second-order valence-corrected chi connectivity index (χ2v) is 9.38. The van der Waals surface area contributed by atoms with Crippen LogP contribution in [0.2, 0.25) is 0 Å². The Morgan fingerprint density at radius 1 is 1.05 bits per heavy atom. The number of aromatic nitrogens is 4. The molecule has 1 aliphatic heterocycles. The number of hydrogen-bond donors (Lipinski definition) is 3. The van der Waals surface area contributed by atoms with E-state index >= 15 is 0 Å². The Kier molecular flexibility index (Phi) is 6.97. The van der Waals surface area contributed by atoms with Crippen molar-refractivity contribution in [3.63, 3.8) is 0 Å². The minimum absolute atomic E-state index is 0.101. The van der Waals surface area contributed by atoms with Crippen molar-refractivity contribution in [1.29, 1.82) is 0 Å². The SMILES string of the molecule is COC(=O)[C@H]1CN(c2cnc(C(=O)N=C(N)C3(c4ccc(-c5cnc(N)nc5)cc4)CCC3)cn2)CCN1. The van der Waals surface area contributed by atoms with Gasteiger partial charge >= 0.3 is 5.97 Å². The Labute approximate surface area is 219 Å². The van der Waals surface area contributed by atoms with Gasteiger partial charge in [0.25, 0.3) is 5.91 Å². The third kappa shape index (κ3) is 4.90. The molecule has 0 radical (unpaired) electrons. The molecule has 1 aromatic carbocycles. The van der Waals surface area contributed by atoms with E-state index in [9.17, 15) is 9.59 Å². The number of anilines is 2. The van der Waals surface area contributed by atoms with Crippen LogP contribution in [0.1, 0.15) is 35.3 Å². The van der Waals surface area contributed by atoms with Gasteiger partial charge in [0, 0.05) is 37.6 Å². The van der Waals surface area contributed by atoms with Crippen molar-refractivity contribution < 1.29 is 14.3 Å². The summed E-state index contributed by atoms with van der Waals surface area (Å²) >= 11 is 0. The molecule has 0 unspecified atom stereocenters. The molecular weight excluding hydrogens is 486 g/mol. The number of piperazine rings is 1. The third-order valence-corrected chi connectivity index (χ3v) is 7.20. The zero-order valence-electron chi connectivity index (χ0n) is 21.0. The number of amidine groups is 1. The van der Waals surface area contributed by atoms with Gasteiger partial charge in [-0.15, -0.1) is 0 Å². The van der Waals surface area contributed by atoms with Gasteiger partial charge in [-0.2, -0.15) is 4.99 Å². The number of benzene rings is 1. The summed E-state index contributed by atoms with van der Waals surface area (Å²) < 4.78 is 4.82. The van der Waals surface area contributed by atoms with Crippen LogP contribution < -0.4 is 21.7 Å². The van der Waals surface area contributed by atoms with Crippen LogP contribution in [0, 0.1) is 0 Å². The number of esters is 1. The maximum absolute atomic E-state index is 12.9. The Morgan fingerprint density at radius 3 is 2.39 bits per heavy atom.